The van der Waals surface area contributed by atoms with Gasteiger partial charge in [0.25, 0.3) is 5.91 Å². The van der Waals surface area contributed by atoms with Crippen LogP contribution in [0.15, 0.2) is 48.5 Å². The Hall–Kier alpha value is -3.12. The van der Waals surface area contributed by atoms with E-state index in [0.717, 1.165) is 55.0 Å². The van der Waals surface area contributed by atoms with Crippen molar-refractivity contribution in [3.05, 3.63) is 54.1 Å². The lowest BCUT2D eigenvalue weighted by atomic mass is 10.1. The van der Waals surface area contributed by atoms with E-state index in [9.17, 15) is 4.79 Å². The van der Waals surface area contributed by atoms with Crippen molar-refractivity contribution < 1.29 is 4.79 Å². The van der Waals surface area contributed by atoms with Crippen LogP contribution in [0.5, 0.6) is 0 Å². The van der Waals surface area contributed by atoms with E-state index in [2.05, 4.69) is 57.0 Å². The first-order valence-electron chi connectivity index (χ1n) is 11.2. The maximum Gasteiger partial charge on any atom is 0.251 e. The largest absolute Gasteiger partial charge is 0.348 e. The fourth-order valence-electron chi connectivity index (χ4n) is 4.72. The molecule has 1 fully saturated rings. The number of amides is 1. The minimum Gasteiger partial charge on any atom is -0.348 e. The van der Waals surface area contributed by atoms with Gasteiger partial charge in [0.15, 0.2) is 5.82 Å². The van der Waals surface area contributed by atoms with Gasteiger partial charge in [-0.05, 0) is 56.6 Å². The summed E-state index contributed by atoms with van der Waals surface area (Å²) in [7, 11) is 2.04. The molecule has 1 aliphatic rings. The number of nitrogens with zero attached hydrogens (tertiary/aromatic N) is 3. The fraction of sp³-hybridized carbons (Fsp3) is 0.360. The molecule has 2 aromatic heterocycles. The van der Waals surface area contributed by atoms with Crippen LogP contribution in [-0.4, -0.2) is 39.2 Å². The molecule has 0 radical (unpaired) electrons. The van der Waals surface area contributed by atoms with E-state index in [1.54, 1.807) is 0 Å². The Morgan fingerprint density at radius 3 is 2.90 bits per heavy atom. The standard InChI is InChI=1S/C25H29N5O/c1-3-30-21-10-5-4-8-17(21)15-23(30)24-28-20-14-18(11-12-22(20)29(24)2)25(31)27-19-9-6-7-13-26-16-19/h4-5,8,10-12,14-15,19,26H,3,6-7,9,13,16H2,1-2H3,(H,27,31). The summed E-state index contributed by atoms with van der Waals surface area (Å²) in [6, 6.07) is 16.6. The second-order valence-electron chi connectivity index (χ2n) is 8.40. The van der Waals surface area contributed by atoms with Crippen molar-refractivity contribution in [2.24, 2.45) is 7.05 Å². The molecule has 1 unspecified atom stereocenters. The molecule has 0 bridgehead atoms. The molecule has 0 saturated carbocycles. The van der Waals surface area contributed by atoms with Gasteiger partial charge in [-0.25, -0.2) is 4.98 Å². The highest BCUT2D eigenvalue weighted by atomic mass is 16.1. The van der Waals surface area contributed by atoms with E-state index in [1.165, 1.54) is 17.3 Å². The lowest BCUT2D eigenvalue weighted by molar-refractivity contribution is 0.0935. The molecule has 1 amide bonds. The molecule has 160 valence electrons. The van der Waals surface area contributed by atoms with Crippen LogP contribution < -0.4 is 10.6 Å². The average molecular weight is 416 g/mol. The highest BCUT2D eigenvalue weighted by molar-refractivity contribution is 5.98. The Kier molecular flexibility index (Phi) is 5.24. The summed E-state index contributed by atoms with van der Waals surface area (Å²) < 4.78 is 4.41. The summed E-state index contributed by atoms with van der Waals surface area (Å²) in [6.07, 6.45) is 3.34. The van der Waals surface area contributed by atoms with Crippen LogP contribution in [0.1, 0.15) is 36.5 Å². The van der Waals surface area contributed by atoms with Crippen molar-refractivity contribution in [3.8, 4) is 11.5 Å². The number of aromatic nitrogens is 3. The molecule has 0 aliphatic carbocycles. The van der Waals surface area contributed by atoms with Crippen LogP contribution in [0.2, 0.25) is 0 Å². The predicted molar refractivity (Wildman–Crippen MR) is 125 cm³/mol. The number of hydrogen-bond donors (Lipinski definition) is 2. The first kappa shape index (κ1) is 19.8. The van der Waals surface area contributed by atoms with Crippen molar-refractivity contribution >= 4 is 27.8 Å². The van der Waals surface area contributed by atoms with Gasteiger partial charge in [0, 0.05) is 42.6 Å². The maximum absolute atomic E-state index is 12.9. The van der Waals surface area contributed by atoms with Crippen molar-refractivity contribution in [2.75, 3.05) is 13.1 Å². The van der Waals surface area contributed by atoms with Crippen LogP contribution in [0, 0.1) is 0 Å². The molecular weight excluding hydrogens is 386 g/mol. The lowest BCUT2D eigenvalue weighted by Crippen LogP contribution is -2.40. The predicted octanol–water partition coefficient (Wildman–Crippen LogP) is 4.09. The summed E-state index contributed by atoms with van der Waals surface area (Å²) in [4.78, 5) is 17.8. The van der Waals surface area contributed by atoms with Gasteiger partial charge < -0.3 is 19.8 Å². The van der Waals surface area contributed by atoms with Crippen molar-refractivity contribution in [1.82, 2.24) is 24.8 Å². The van der Waals surface area contributed by atoms with Crippen LogP contribution in [-0.2, 0) is 13.6 Å². The van der Waals surface area contributed by atoms with Gasteiger partial charge >= 0.3 is 0 Å². The van der Waals surface area contributed by atoms with Crippen LogP contribution in [0.3, 0.4) is 0 Å². The number of aryl methyl sites for hydroxylation is 2. The van der Waals surface area contributed by atoms with E-state index in [4.69, 9.17) is 4.98 Å². The number of benzene rings is 2. The van der Waals surface area contributed by atoms with Crippen molar-refractivity contribution in [3.63, 3.8) is 0 Å². The number of para-hydroxylation sites is 1. The third-order valence-electron chi connectivity index (χ3n) is 6.38. The molecular formula is C25H29N5O. The maximum atomic E-state index is 12.9. The van der Waals surface area contributed by atoms with E-state index in [-0.39, 0.29) is 11.9 Å². The van der Waals surface area contributed by atoms with E-state index in [1.807, 2.05) is 25.2 Å². The molecule has 31 heavy (non-hydrogen) atoms. The fourth-order valence-corrected chi connectivity index (χ4v) is 4.72. The van der Waals surface area contributed by atoms with E-state index >= 15 is 0 Å². The zero-order valence-electron chi connectivity index (χ0n) is 18.2. The lowest BCUT2D eigenvalue weighted by Gasteiger charge is -2.16. The number of carbonyl (C=O) groups is 1. The van der Waals surface area contributed by atoms with Gasteiger partial charge in [0.05, 0.1) is 16.7 Å². The molecule has 1 aliphatic heterocycles. The average Bonchev–Trinajstić information content (AvgIpc) is 3.20. The highest BCUT2D eigenvalue weighted by Crippen LogP contribution is 2.30. The summed E-state index contributed by atoms with van der Waals surface area (Å²) in [5.41, 5.74) is 4.84. The third kappa shape index (κ3) is 3.61. The summed E-state index contributed by atoms with van der Waals surface area (Å²) in [6.45, 7) is 4.89. The van der Waals surface area contributed by atoms with Crippen LogP contribution in [0.4, 0.5) is 0 Å². The number of imidazole rings is 1. The number of fused-ring (bicyclic) bond motifs is 2. The summed E-state index contributed by atoms with van der Waals surface area (Å²) >= 11 is 0. The van der Waals surface area contributed by atoms with Gasteiger partial charge in [-0.3, -0.25) is 4.79 Å². The smallest absolute Gasteiger partial charge is 0.251 e. The molecule has 4 aromatic rings. The third-order valence-corrected chi connectivity index (χ3v) is 6.38. The zero-order chi connectivity index (χ0) is 21.4. The molecule has 3 heterocycles. The van der Waals surface area contributed by atoms with Crippen molar-refractivity contribution in [2.45, 2.75) is 38.8 Å². The second-order valence-corrected chi connectivity index (χ2v) is 8.40. The normalized spacial score (nSPS) is 17.2. The van der Waals surface area contributed by atoms with Gasteiger partial charge in [-0.15, -0.1) is 0 Å². The Balaban J connectivity index is 1.50. The highest BCUT2D eigenvalue weighted by Gasteiger charge is 2.19. The van der Waals surface area contributed by atoms with Crippen LogP contribution >= 0.6 is 0 Å². The molecule has 5 rings (SSSR count). The monoisotopic (exact) mass is 415 g/mol. The topological polar surface area (TPSA) is 63.9 Å². The van der Waals surface area contributed by atoms with Gasteiger partial charge in [-0.2, -0.15) is 0 Å². The van der Waals surface area contributed by atoms with Gasteiger partial charge in [0.1, 0.15) is 0 Å². The van der Waals surface area contributed by atoms with Gasteiger partial charge in [-0.1, -0.05) is 24.6 Å². The van der Waals surface area contributed by atoms with Crippen LogP contribution in [0.25, 0.3) is 33.5 Å². The first-order valence-corrected chi connectivity index (χ1v) is 11.2. The van der Waals surface area contributed by atoms with Crippen molar-refractivity contribution in [1.29, 1.82) is 0 Å². The molecule has 0 spiro atoms. The Bertz CT molecular complexity index is 1240. The summed E-state index contributed by atoms with van der Waals surface area (Å²) in [5, 5.41) is 7.80. The Morgan fingerprint density at radius 1 is 1.16 bits per heavy atom. The number of hydrogen-bond acceptors (Lipinski definition) is 3. The minimum atomic E-state index is -0.0227. The summed E-state index contributed by atoms with van der Waals surface area (Å²) in [5.74, 6) is 0.893. The number of rotatable bonds is 4. The molecule has 1 atom stereocenters. The van der Waals surface area contributed by atoms with E-state index < -0.39 is 0 Å². The SMILES string of the molecule is CCn1c(-c2nc3cc(C(=O)NC4CCCCNC4)ccc3n2C)cc2ccccc21. The molecule has 2 aromatic carbocycles. The van der Waals surface area contributed by atoms with E-state index in [0.29, 0.717) is 5.56 Å². The Labute approximate surface area is 182 Å². The Morgan fingerprint density at radius 2 is 2.03 bits per heavy atom. The van der Waals surface area contributed by atoms with Gasteiger partial charge in [0.2, 0.25) is 0 Å². The molecule has 6 nitrogen and oxygen atoms in total. The number of nitrogens with one attached hydrogen (secondary N) is 2. The first-order chi connectivity index (χ1) is 15.2. The molecule has 1 saturated heterocycles. The number of carbonyl (C=O) groups excluding carboxylic acids is 1. The minimum absolute atomic E-state index is 0.0227. The molecule has 2 N–H and O–H groups in total. The molecule has 6 heteroatoms. The second kappa shape index (κ2) is 8.19. The quantitative estimate of drug-likeness (QED) is 0.528. The zero-order valence-corrected chi connectivity index (χ0v) is 18.2.